The van der Waals surface area contributed by atoms with E-state index in [0.29, 0.717) is 6.42 Å². The normalized spacial score (nSPS) is 14.3. The molecule has 1 unspecified atom stereocenters. The molecule has 2 heterocycles. The molecule has 0 radical (unpaired) electrons. The molecule has 2 N–H and O–H groups in total. The standard InChI is InChI=1S/C38H28N4O10/c1-2-23(19-44)39-35(45)29-17-28(22-6-4-8-26(16-22)42(51)52)34-32-30(36(46)40(38(34)48)24-11-9-20(10-12-24)13-14-43)18-27(33(31(29)32)37(39)47)21-5-3-7-25(15-21)41(49)50/h3-12,15-18,23,43-44H,2,13-14,19H2,1H3. The van der Waals surface area contributed by atoms with Crippen molar-refractivity contribution in [3.63, 3.8) is 0 Å². The number of carbonyl (C=O) groups is 4. The third-order valence-corrected chi connectivity index (χ3v) is 9.52. The fourth-order valence-electron chi connectivity index (χ4n) is 7.01. The number of hydrogen-bond donors (Lipinski definition) is 2. The van der Waals surface area contributed by atoms with Gasteiger partial charge in [-0.3, -0.25) is 44.3 Å². The van der Waals surface area contributed by atoms with Gasteiger partial charge >= 0.3 is 0 Å². The lowest BCUT2D eigenvalue weighted by Crippen LogP contribution is -2.49. The molecule has 260 valence electrons. The lowest BCUT2D eigenvalue weighted by Gasteiger charge is -2.36. The van der Waals surface area contributed by atoms with Crippen LogP contribution in [0.3, 0.4) is 0 Å². The molecule has 0 bridgehead atoms. The SMILES string of the molecule is CCC(CO)N1C(=O)c2cc(-c3cccc([N+](=O)[O-])c3)c3c4c(cc(-c5cccc([N+](=O)[O-])c5)c(c24)C1=O)C(=O)N(c1ccc(CCO)cc1)C3=O. The number of nitro benzene ring substituents is 2. The van der Waals surface area contributed by atoms with Crippen LogP contribution in [0.15, 0.2) is 84.9 Å². The van der Waals surface area contributed by atoms with Gasteiger partial charge in [0.15, 0.2) is 0 Å². The van der Waals surface area contributed by atoms with E-state index < -0.39 is 46.1 Å². The molecule has 14 nitrogen and oxygen atoms in total. The molecule has 2 aliphatic rings. The van der Waals surface area contributed by atoms with Crippen molar-refractivity contribution >= 4 is 51.5 Å². The first-order valence-corrected chi connectivity index (χ1v) is 16.2. The maximum Gasteiger partial charge on any atom is 0.270 e. The van der Waals surface area contributed by atoms with Gasteiger partial charge in [-0.05, 0) is 64.9 Å². The Morgan fingerprint density at radius 3 is 1.65 bits per heavy atom. The van der Waals surface area contributed by atoms with Crippen molar-refractivity contribution in [3.05, 3.63) is 133 Å². The van der Waals surface area contributed by atoms with E-state index in [1.165, 1.54) is 72.8 Å². The predicted octanol–water partition coefficient (Wildman–Crippen LogP) is 5.69. The van der Waals surface area contributed by atoms with Gasteiger partial charge in [0.25, 0.3) is 35.0 Å². The molecule has 1 atom stereocenters. The highest BCUT2D eigenvalue weighted by molar-refractivity contribution is 6.41. The van der Waals surface area contributed by atoms with Crippen molar-refractivity contribution < 1.29 is 39.2 Å². The number of rotatable bonds is 10. The Labute approximate surface area is 294 Å². The van der Waals surface area contributed by atoms with E-state index in [2.05, 4.69) is 0 Å². The molecular formula is C38H28N4O10. The quantitative estimate of drug-likeness (QED) is 0.104. The lowest BCUT2D eigenvalue weighted by molar-refractivity contribution is -0.385. The first-order valence-electron chi connectivity index (χ1n) is 16.2. The second-order valence-corrected chi connectivity index (χ2v) is 12.4. The molecule has 5 aromatic carbocycles. The molecule has 0 saturated heterocycles. The maximum absolute atomic E-state index is 14.7. The molecular weight excluding hydrogens is 672 g/mol. The highest BCUT2D eigenvalue weighted by atomic mass is 16.6. The van der Waals surface area contributed by atoms with E-state index in [1.807, 2.05) is 0 Å². The van der Waals surface area contributed by atoms with E-state index in [0.717, 1.165) is 15.4 Å². The van der Waals surface area contributed by atoms with Gasteiger partial charge in [0, 0.05) is 52.8 Å². The van der Waals surface area contributed by atoms with Crippen LogP contribution in [0, 0.1) is 20.2 Å². The van der Waals surface area contributed by atoms with Crippen LogP contribution in [0.1, 0.15) is 60.3 Å². The Hall–Kier alpha value is -6.64. The van der Waals surface area contributed by atoms with Gasteiger partial charge in [-0.1, -0.05) is 43.3 Å². The summed E-state index contributed by atoms with van der Waals surface area (Å²) in [5.74, 6) is -3.28. The van der Waals surface area contributed by atoms with Crippen LogP contribution in [0.2, 0.25) is 0 Å². The summed E-state index contributed by atoms with van der Waals surface area (Å²) in [6.07, 6.45) is 0.503. The Balaban J connectivity index is 1.63. The van der Waals surface area contributed by atoms with Gasteiger partial charge in [-0.15, -0.1) is 0 Å². The Bertz CT molecular complexity index is 2400. The highest BCUT2D eigenvalue weighted by Gasteiger charge is 2.45. The number of hydrogen-bond acceptors (Lipinski definition) is 10. The van der Waals surface area contributed by atoms with Crippen LogP contribution in [0.5, 0.6) is 0 Å². The Kier molecular flexibility index (Phi) is 8.40. The smallest absolute Gasteiger partial charge is 0.270 e. The third-order valence-electron chi connectivity index (χ3n) is 9.52. The van der Waals surface area contributed by atoms with Gasteiger partial charge in [-0.2, -0.15) is 0 Å². The van der Waals surface area contributed by atoms with E-state index in [9.17, 15) is 49.6 Å². The first kappa shape index (κ1) is 33.8. The number of aliphatic hydroxyl groups is 2. The van der Waals surface area contributed by atoms with Crippen molar-refractivity contribution in [2.24, 2.45) is 0 Å². The van der Waals surface area contributed by atoms with Crippen LogP contribution in [0.25, 0.3) is 33.0 Å². The summed E-state index contributed by atoms with van der Waals surface area (Å²) in [7, 11) is 0. The number of anilines is 1. The minimum absolute atomic E-state index is 0.0234. The second-order valence-electron chi connectivity index (χ2n) is 12.4. The number of aliphatic hydroxyl groups excluding tert-OH is 2. The molecule has 4 amide bonds. The molecule has 0 saturated carbocycles. The van der Waals surface area contributed by atoms with E-state index in [1.54, 1.807) is 19.1 Å². The number of amides is 4. The molecule has 2 aliphatic heterocycles. The van der Waals surface area contributed by atoms with Crippen molar-refractivity contribution in [2.45, 2.75) is 25.8 Å². The number of nitro groups is 2. The van der Waals surface area contributed by atoms with Crippen molar-refractivity contribution in [1.29, 1.82) is 0 Å². The number of carbonyl (C=O) groups excluding carboxylic acids is 4. The van der Waals surface area contributed by atoms with Gasteiger partial charge in [0.2, 0.25) is 0 Å². The third kappa shape index (κ3) is 5.20. The molecule has 7 rings (SSSR count). The molecule has 0 aliphatic carbocycles. The van der Waals surface area contributed by atoms with Crippen molar-refractivity contribution in [1.82, 2.24) is 4.90 Å². The number of benzene rings is 5. The average Bonchev–Trinajstić information content (AvgIpc) is 3.15. The van der Waals surface area contributed by atoms with Crippen LogP contribution >= 0.6 is 0 Å². The fraction of sp³-hybridized carbons (Fsp3) is 0.158. The van der Waals surface area contributed by atoms with Crippen molar-refractivity contribution in [3.8, 4) is 22.3 Å². The van der Waals surface area contributed by atoms with Gasteiger partial charge in [0.1, 0.15) is 0 Å². The zero-order valence-electron chi connectivity index (χ0n) is 27.4. The highest BCUT2D eigenvalue weighted by Crippen LogP contribution is 2.47. The predicted molar refractivity (Wildman–Crippen MR) is 188 cm³/mol. The largest absolute Gasteiger partial charge is 0.396 e. The number of non-ortho nitro benzene ring substituents is 2. The zero-order valence-corrected chi connectivity index (χ0v) is 27.4. The van der Waals surface area contributed by atoms with E-state index in [4.69, 9.17) is 0 Å². The molecule has 0 fully saturated rings. The topological polar surface area (TPSA) is 201 Å². The summed E-state index contributed by atoms with van der Waals surface area (Å²) in [5.41, 5.74) is 0.452. The molecule has 5 aromatic rings. The van der Waals surface area contributed by atoms with Gasteiger partial charge in [-0.25, -0.2) is 4.90 Å². The van der Waals surface area contributed by atoms with E-state index in [-0.39, 0.29) is 85.4 Å². The Morgan fingerprint density at radius 2 is 1.17 bits per heavy atom. The summed E-state index contributed by atoms with van der Waals surface area (Å²) in [6.45, 7) is 0.977. The van der Waals surface area contributed by atoms with Crippen LogP contribution < -0.4 is 4.90 Å². The lowest BCUT2D eigenvalue weighted by atomic mass is 9.78. The van der Waals surface area contributed by atoms with Gasteiger partial charge < -0.3 is 10.2 Å². The molecule has 0 aromatic heterocycles. The summed E-state index contributed by atoms with van der Waals surface area (Å²) in [5, 5.41) is 43.2. The minimum Gasteiger partial charge on any atom is -0.396 e. The molecule has 0 spiro atoms. The van der Waals surface area contributed by atoms with Crippen LogP contribution in [-0.2, 0) is 6.42 Å². The minimum atomic E-state index is -0.970. The zero-order chi connectivity index (χ0) is 37.0. The summed E-state index contributed by atoms with van der Waals surface area (Å²) in [6, 6.07) is 19.0. The molecule has 52 heavy (non-hydrogen) atoms. The first-order chi connectivity index (χ1) is 25.0. The summed E-state index contributed by atoms with van der Waals surface area (Å²) < 4.78 is 0. The molecule has 14 heteroatoms. The number of nitrogens with zero attached hydrogens (tertiary/aromatic N) is 4. The van der Waals surface area contributed by atoms with Crippen LogP contribution in [0.4, 0.5) is 17.1 Å². The maximum atomic E-state index is 14.7. The fourth-order valence-corrected chi connectivity index (χ4v) is 7.01. The number of imide groups is 2. The van der Waals surface area contributed by atoms with Gasteiger partial charge in [0.05, 0.1) is 39.3 Å². The monoisotopic (exact) mass is 700 g/mol. The average molecular weight is 701 g/mol. The van der Waals surface area contributed by atoms with E-state index >= 15 is 0 Å². The summed E-state index contributed by atoms with van der Waals surface area (Å²) in [4.78, 5) is 82.4. The van der Waals surface area contributed by atoms with Crippen LogP contribution in [-0.4, -0.2) is 67.8 Å². The summed E-state index contributed by atoms with van der Waals surface area (Å²) >= 11 is 0. The Morgan fingerprint density at radius 1 is 0.654 bits per heavy atom. The van der Waals surface area contributed by atoms with Crippen molar-refractivity contribution in [2.75, 3.05) is 18.1 Å². The second kappa shape index (κ2) is 12.9.